The minimum atomic E-state index is -0.547. The Bertz CT molecular complexity index is 472. The zero-order valence-electron chi connectivity index (χ0n) is 16.3. The number of nitrogens with one attached hydrogen (secondary N) is 2. The second-order valence-electron chi connectivity index (χ2n) is 9.69. The summed E-state index contributed by atoms with van der Waals surface area (Å²) >= 11 is 0. The van der Waals surface area contributed by atoms with Crippen LogP contribution in [0.25, 0.3) is 0 Å². The van der Waals surface area contributed by atoms with Gasteiger partial charge in [0.1, 0.15) is 0 Å². The standard InChI is InChI=1S/C17H34N4O3/c1-14(2)9-11(16(5,6)20(14)23)18-13(22)19-12-10-15(3,4)21(24)17(12,7)8/h11-12,23-24H,9-10H2,1-8H3,(H2,18,19,22). The molecule has 2 aliphatic heterocycles. The van der Waals surface area contributed by atoms with Crippen LogP contribution in [0.1, 0.15) is 68.2 Å². The highest BCUT2D eigenvalue weighted by Crippen LogP contribution is 2.40. The Hall–Kier alpha value is -0.890. The lowest BCUT2D eigenvalue weighted by Crippen LogP contribution is -2.58. The second kappa shape index (κ2) is 5.56. The fourth-order valence-corrected chi connectivity index (χ4v) is 4.34. The monoisotopic (exact) mass is 342 g/mol. The molecule has 0 radical (unpaired) electrons. The molecular weight excluding hydrogens is 308 g/mol. The van der Waals surface area contributed by atoms with Gasteiger partial charge >= 0.3 is 6.03 Å². The number of rotatable bonds is 2. The predicted octanol–water partition coefficient (Wildman–Crippen LogP) is 2.33. The maximum atomic E-state index is 12.5. The van der Waals surface area contributed by atoms with Crippen LogP contribution in [0.4, 0.5) is 4.79 Å². The molecule has 0 aromatic carbocycles. The van der Waals surface area contributed by atoms with Crippen LogP contribution in [0, 0.1) is 0 Å². The van der Waals surface area contributed by atoms with Gasteiger partial charge in [0, 0.05) is 11.1 Å². The molecule has 0 spiro atoms. The molecule has 24 heavy (non-hydrogen) atoms. The van der Waals surface area contributed by atoms with E-state index >= 15 is 0 Å². The van der Waals surface area contributed by atoms with Crippen LogP contribution in [-0.4, -0.2) is 60.8 Å². The smallest absolute Gasteiger partial charge is 0.315 e. The van der Waals surface area contributed by atoms with E-state index in [2.05, 4.69) is 10.6 Å². The van der Waals surface area contributed by atoms with Crippen LogP contribution in [0.2, 0.25) is 0 Å². The molecule has 2 unspecified atom stereocenters. The largest absolute Gasteiger partial charge is 0.333 e. The molecule has 7 nitrogen and oxygen atoms in total. The Kier molecular flexibility index (Phi) is 4.50. The van der Waals surface area contributed by atoms with E-state index in [0.717, 1.165) is 0 Å². The van der Waals surface area contributed by atoms with Gasteiger partial charge in [-0.25, -0.2) is 4.79 Å². The van der Waals surface area contributed by atoms with E-state index in [1.54, 1.807) is 0 Å². The van der Waals surface area contributed by atoms with Crippen molar-refractivity contribution in [3.63, 3.8) is 0 Å². The molecule has 140 valence electrons. The molecule has 2 heterocycles. The molecule has 2 fully saturated rings. The van der Waals surface area contributed by atoms with Crippen LogP contribution in [0.15, 0.2) is 0 Å². The van der Waals surface area contributed by atoms with E-state index in [9.17, 15) is 15.2 Å². The molecule has 2 aliphatic rings. The van der Waals surface area contributed by atoms with Gasteiger partial charge in [-0.15, -0.1) is 0 Å². The number of urea groups is 1. The molecule has 2 atom stereocenters. The van der Waals surface area contributed by atoms with Crippen molar-refractivity contribution in [1.29, 1.82) is 0 Å². The Labute approximate surface area is 145 Å². The number of amides is 2. The number of carbonyl (C=O) groups excluding carboxylic acids is 1. The summed E-state index contributed by atoms with van der Waals surface area (Å²) in [5, 5.41) is 29.4. The number of hydroxylamine groups is 4. The lowest BCUT2D eigenvalue weighted by molar-refractivity contribution is -0.194. The van der Waals surface area contributed by atoms with Gasteiger partial charge in [-0.1, -0.05) is 0 Å². The van der Waals surface area contributed by atoms with Crippen LogP contribution >= 0.6 is 0 Å². The average Bonchev–Trinajstić information content (AvgIpc) is 2.66. The third-order valence-corrected chi connectivity index (χ3v) is 5.96. The summed E-state index contributed by atoms with van der Waals surface area (Å²) in [4.78, 5) is 12.5. The van der Waals surface area contributed by atoms with Crippen molar-refractivity contribution in [3.05, 3.63) is 0 Å². The summed E-state index contributed by atoms with van der Waals surface area (Å²) in [6.07, 6.45) is 1.32. The van der Waals surface area contributed by atoms with Crippen LogP contribution in [0.3, 0.4) is 0 Å². The van der Waals surface area contributed by atoms with Gasteiger partial charge in [0.2, 0.25) is 0 Å². The molecule has 7 heteroatoms. The lowest BCUT2D eigenvalue weighted by Gasteiger charge is -2.37. The minimum Gasteiger partial charge on any atom is -0.333 e. The SMILES string of the molecule is CC1(C)CC(NC(=O)NC2CC(C)(C)N(O)C2(C)C)C(C)(C)N1O. The van der Waals surface area contributed by atoms with E-state index in [1.165, 1.54) is 10.1 Å². The summed E-state index contributed by atoms with van der Waals surface area (Å²) in [7, 11) is 0. The highest BCUT2D eigenvalue weighted by Gasteiger charge is 2.54. The first-order valence-corrected chi connectivity index (χ1v) is 8.68. The summed E-state index contributed by atoms with van der Waals surface area (Å²) in [5.74, 6) is 0. The van der Waals surface area contributed by atoms with Gasteiger partial charge < -0.3 is 21.0 Å². The normalized spacial score (nSPS) is 34.2. The van der Waals surface area contributed by atoms with Crippen molar-refractivity contribution < 1.29 is 15.2 Å². The third-order valence-electron chi connectivity index (χ3n) is 5.96. The van der Waals surface area contributed by atoms with E-state index < -0.39 is 22.2 Å². The molecule has 0 aromatic heterocycles. The quantitative estimate of drug-likeness (QED) is 0.619. The van der Waals surface area contributed by atoms with E-state index in [0.29, 0.717) is 12.8 Å². The molecule has 0 aliphatic carbocycles. The molecule has 0 aromatic rings. The molecule has 2 saturated heterocycles. The fourth-order valence-electron chi connectivity index (χ4n) is 4.34. The molecule has 2 amide bonds. The summed E-state index contributed by atoms with van der Waals surface area (Å²) in [6.45, 7) is 15.5. The zero-order valence-corrected chi connectivity index (χ0v) is 16.3. The molecule has 4 N–H and O–H groups in total. The van der Waals surface area contributed by atoms with Crippen molar-refractivity contribution in [2.75, 3.05) is 0 Å². The van der Waals surface area contributed by atoms with E-state index in [1.807, 2.05) is 55.4 Å². The molecule has 2 rings (SSSR count). The average molecular weight is 342 g/mol. The van der Waals surface area contributed by atoms with Gasteiger partial charge in [0.25, 0.3) is 0 Å². The zero-order chi connectivity index (χ0) is 18.7. The fraction of sp³-hybridized carbons (Fsp3) is 0.941. The van der Waals surface area contributed by atoms with Crippen molar-refractivity contribution >= 4 is 6.03 Å². The van der Waals surface area contributed by atoms with Gasteiger partial charge in [0.05, 0.1) is 23.2 Å². The Balaban J connectivity index is 2.05. The molecular formula is C17H34N4O3. The first-order chi connectivity index (χ1) is 10.6. The molecule has 0 bridgehead atoms. The van der Waals surface area contributed by atoms with Gasteiger partial charge in [-0.3, -0.25) is 0 Å². The topological polar surface area (TPSA) is 88.1 Å². The molecule has 0 saturated carbocycles. The first-order valence-electron chi connectivity index (χ1n) is 8.68. The number of hydrogen-bond acceptors (Lipinski definition) is 5. The Morgan fingerprint density at radius 3 is 1.29 bits per heavy atom. The van der Waals surface area contributed by atoms with Gasteiger partial charge in [-0.05, 0) is 68.2 Å². The number of carbonyl (C=O) groups is 1. The number of nitrogens with zero attached hydrogens (tertiary/aromatic N) is 2. The highest BCUT2D eigenvalue weighted by molar-refractivity contribution is 5.75. The number of hydrogen-bond donors (Lipinski definition) is 4. The van der Waals surface area contributed by atoms with E-state index in [-0.39, 0.29) is 18.1 Å². The maximum Gasteiger partial charge on any atom is 0.315 e. The third kappa shape index (κ3) is 3.03. The Morgan fingerprint density at radius 2 is 1.08 bits per heavy atom. The van der Waals surface area contributed by atoms with Crippen LogP contribution < -0.4 is 10.6 Å². The van der Waals surface area contributed by atoms with Gasteiger partial charge in [-0.2, -0.15) is 10.1 Å². The lowest BCUT2D eigenvalue weighted by atomic mass is 9.93. The van der Waals surface area contributed by atoms with Crippen LogP contribution in [0.5, 0.6) is 0 Å². The van der Waals surface area contributed by atoms with Crippen molar-refractivity contribution in [2.45, 2.75) is 102 Å². The minimum absolute atomic E-state index is 0.166. The highest BCUT2D eigenvalue weighted by atomic mass is 16.5. The van der Waals surface area contributed by atoms with Crippen LogP contribution in [-0.2, 0) is 0 Å². The van der Waals surface area contributed by atoms with Gasteiger partial charge in [0.15, 0.2) is 0 Å². The summed E-state index contributed by atoms with van der Waals surface area (Å²) in [5.41, 5.74) is -1.88. The predicted molar refractivity (Wildman–Crippen MR) is 92.0 cm³/mol. The van der Waals surface area contributed by atoms with E-state index in [4.69, 9.17) is 0 Å². The maximum absolute atomic E-state index is 12.5. The van der Waals surface area contributed by atoms with Crippen molar-refractivity contribution in [2.24, 2.45) is 0 Å². The van der Waals surface area contributed by atoms with Crippen molar-refractivity contribution in [3.8, 4) is 0 Å². The summed E-state index contributed by atoms with van der Waals surface area (Å²) in [6, 6.07) is -0.594. The Morgan fingerprint density at radius 1 is 0.792 bits per heavy atom. The van der Waals surface area contributed by atoms with Crippen molar-refractivity contribution in [1.82, 2.24) is 20.8 Å². The first kappa shape index (κ1) is 19.4. The second-order valence-corrected chi connectivity index (χ2v) is 9.69. The summed E-state index contributed by atoms with van der Waals surface area (Å²) < 4.78 is 0.